The van der Waals surface area contributed by atoms with E-state index in [9.17, 15) is 4.79 Å². The summed E-state index contributed by atoms with van der Waals surface area (Å²) in [6.45, 7) is 3.68. The molecule has 3 heteroatoms. The maximum atomic E-state index is 12.3. The Balaban J connectivity index is 1.86. The van der Waals surface area contributed by atoms with Gasteiger partial charge in [-0.3, -0.25) is 4.79 Å². The van der Waals surface area contributed by atoms with Gasteiger partial charge >= 0.3 is 0 Å². The van der Waals surface area contributed by atoms with E-state index in [1.54, 1.807) is 0 Å². The van der Waals surface area contributed by atoms with Crippen molar-refractivity contribution in [3.8, 4) is 0 Å². The van der Waals surface area contributed by atoms with Crippen LogP contribution in [0.2, 0.25) is 0 Å². The van der Waals surface area contributed by atoms with Gasteiger partial charge in [0, 0.05) is 18.2 Å². The number of nitrogens with zero attached hydrogens (tertiary/aromatic N) is 1. The molecule has 1 heterocycles. The van der Waals surface area contributed by atoms with Gasteiger partial charge in [-0.2, -0.15) is 0 Å². The highest BCUT2D eigenvalue weighted by atomic mass is 16.2. The quantitative estimate of drug-likeness (QED) is 0.883. The van der Waals surface area contributed by atoms with E-state index in [1.807, 2.05) is 4.90 Å². The molecule has 1 aliphatic heterocycles. The fourth-order valence-electron chi connectivity index (χ4n) is 2.75. The second-order valence-corrected chi connectivity index (χ2v) is 5.56. The van der Waals surface area contributed by atoms with Crippen LogP contribution in [-0.2, 0) is 6.54 Å². The molecule has 1 atom stereocenters. The van der Waals surface area contributed by atoms with E-state index in [2.05, 4.69) is 25.1 Å². The van der Waals surface area contributed by atoms with Gasteiger partial charge in [-0.15, -0.1) is 0 Å². The second-order valence-electron chi connectivity index (χ2n) is 5.56. The Labute approximate surface area is 108 Å². The first kappa shape index (κ1) is 11.7. The third kappa shape index (κ3) is 1.93. The van der Waals surface area contributed by atoms with Crippen molar-refractivity contribution in [1.29, 1.82) is 0 Å². The topological polar surface area (TPSA) is 46.3 Å². The minimum Gasteiger partial charge on any atom is -0.331 e. The Kier molecular flexibility index (Phi) is 2.86. The van der Waals surface area contributed by atoms with Gasteiger partial charge in [-0.05, 0) is 48.9 Å². The monoisotopic (exact) mass is 244 g/mol. The highest BCUT2D eigenvalue weighted by molar-refractivity contribution is 5.98. The van der Waals surface area contributed by atoms with Crippen molar-refractivity contribution >= 4 is 5.91 Å². The number of carbonyl (C=O) groups excluding carboxylic acids is 1. The normalized spacial score (nSPS) is 20.1. The summed E-state index contributed by atoms with van der Waals surface area (Å²) < 4.78 is 0. The number of carbonyl (C=O) groups is 1. The van der Waals surface area contributed by atoms with Crippen LogP contribution in [0.5, 0.6) is 0 Å². The summed E-state index contributed by atoms with van der Waals surface area (Å²) in [6, 6.07) is 6.87. The smallest absolute Gasteiger partial charge is 0.254 e. The summed E-state index contributed by atoms with van der Waals surface area (Å²) in [7, 11) is 0. The summed E-state index contributed by atoms with van der Waals surface area (Å²) in [6.07, 6.45) is 3.33. The van der Waals surface area contributed by atoms with Gasteiger partial charge in [0.15, 0.2) is 0 Å². The number of hydrogen-bond donors (Lipinski definition) is 1. The van der Waals surface area contributed by atoms with E-state index in [0.717, 1.165) is 18.5 Å². The van der Waals surface area contributed by atoms with Crippen LogP contribution < -0.4 is 5.73 Å². The Morgan fingerprint density at radius 2 is 2.22 bits per heavy atom. The fourth-order valence-corrected chi connectivity index (χ4v) is 2.75. The van der Waals surface area contributed by atoms with E-state index in [1.165, 1.54) is 24.0 Å². The van der Waals surface area contributed by atoms with Gasteiger partial charge in [-0.25, -0.2) is 0 Å². The fraction of sp³-hybridized carbons (Fsp3) is 0.533. The summed E-state index contributed by atoms with van der Waals surface area (Å²) >= 11 is 0. The number of fused-ring (bicyclic) bond motifs is 1. The molecule has 1 saturated carbocycles. The van der Waals surface area contributed by atoms with Gasteiger partial charge in [0.1, 0.15) is 0 Å². The minimum atomic E-state index is 0.231. The lowest BCUT2D eigenvalue weighted by molar-refractivity contribution is 0.0766. The molecule has 0 radical (unpaired) electrons. The van der Waals surface area contributed by atoms with E-state index < -0.39 is 0 Å². The molecule has 2 N–H and O–H groups in total. The van der Waals surface area contributed by atoms with Crippen LogP contribution >= 0.6 is 0 Å². The minimum absolute atomic E-state index is 0.231. The number of nitrogens with two attached hydrogens (primary N) is 1. The summed E-state index contributed by atoms with van der Waals surface area (Å²) in [5.74, 6) is 0.664. The first-order valence-electron chi connectivity index (χ1n) is 6.84. The van der Waals surface area contributed by atoms with Gasteiger partial charge < -0.3 is 10.6 Å². The molecule has 1 unspecified atom stereocenters. The third-order valence-corrected chi connectivity index (χ3v) is 4.12. The number of amides is 1. The van der Waals surface area contributed by atoms with E-state index >= 15 is 0 Å². The highest BCUT2D eigenvalue weighted by Crippen LogP contribution is 2.35. The van der Waals surface area contributed by atoms with Crippen LogP contribution in [0.25, 0.3) is 0 Å². The Morgan fingerprint density at radius 1 is 1.44 bits per heavy atom. The van der Waals surface area contributed by atoms with E-state index in [4.69, 9.17) is 5.73 Å². The van der Waals surface area contributed by atoms with Crippen LogP contribution in [0.4, 0.5) is 0 Å². The van der Waals surface area contributed by atoms with Gasteiger partial charge in [-0.1, -0.05) is 19.1 Å². The molecule has 1 fully saturated rings. The molecule has 1 aromatic carbocycles. The van der Waals surface area contributed by atoms with Crippen molar-refractivity contribution in [2.45, 2.75) is 44.7 Å². The van der Waals surface area contributed by atoms with E-state index in [0.29, 0.717) is 18.5 Å². The summed E-state index contributed by atoms with van der Waals surface area (Å²) in [5, 5.41) is 0. The molecular formula is C15H20N2O. The second kappa shape index (κ2) is 4.39. The molecular weight excluding hydrogens is 224 g/mol. The molecule has 1 aromatic rings. The molecule has 1 aliphatic carbocycles. The first-order valence-corrected chi connectivity index (χ1v) is 6.84. The van der Waals surface area contributed by atoms with Gasteiger partial charge in [0.05, 0.1) is 0 Å². The van der Waals surface area contributed by atoms with Crippen LogP contribution in [0.15, 0.2) is 18.2 Å². The molecule has 2 aliphatic rings. The summed E-state index contributed by atoms with van der Waals surface area (Å²) in [5.41, 5.74) is 8.95. The standard InChI is InChI=1S/C15H20N2O/c1-10(6-7-16)11-2-3-12-9-17(13-4-5-13)15(18)14(12)8-11/h2-3,8,10,13H,4-7,9,16H2,1H3. The Bertz CT molecular complexity index is 479. The number of benzene rings is 1. The molecule has 96 valence electrons. The molecule has 3 nitrogen and oxygen atoms in total. The highest BCUT2D eigenvalue weighted by Gasteiger charge is 2.38. The molecule has 0 bridgehead atoms. The maximum Gasteiger partial charge on any atom is 0.254 e. The molecule has 0 spiro atoms. The molecule has 0 aromatic heterocycles. The van der Waals surface area contributed by atoms with Crippen LogP contribution in [0.1, 0.15) is 53.6 Å². The van der Waals surface area contributed by atoms with Crippen LogP contribution in [-0.4, -0.2) is 23.4 Å². The lowest BCUT2D eigenvalue weighted by Crippen LogP contribution is -2.25. The zero-order valence-electron chi connectivity index (χ0n) is 10.9. The van der Waals surface area contributed by atoms with Crippen molar-refractivity contribution in [3.63, 3.8) is 0 Å². The molecule has 18 heavy (non-hydrogen) atoms. The van der Waals surface area contributed by atoms with Crippen molar-refractivity contribution in [2.75, 3.05) is 6.54 Å². The predicted molar refractivity (Wildman–Crippen MR) is 71.4 cm³/mol. The van der Waals surface area contributed by atoms with Gasteiger partial charge in [0.2, 0.25) is 0 Å². The van der Waals surface area contributed by atoms with E-state index in [-0.39, 0.29) is 5.91 Å². The van der Waals surface area contributed by atoms with Crippen LogP contribution in [0, 0.1) is 0 Å². The SMILES string of the molecule is CC(CCN)c1ccc2c(c1)C(=O)N(C1CC1)C2. The van der Waals surface area contributed by atoms with Crippen molar-refractivity contribution in [2.24, 2.45) is 5.73 Å². The lowest BCUT2D eigenvalue weighted by Gasteiger charge is -2.13. The number of rotatable bonds is 4. The molecule has 0 saturated heterocycles. The zero-order chi connectivity index (χ0) is 12.7. The largest absolute Gasteiger partial charge is 0.331 e. The lowest BCUT2D eigenvalue weighted by atomic mass is 9.94. The van der Waals surface area contributed by atoms with Crippen molar-refractivity contribution in [1.82, 2.24) is 4.90 Å². The maximum absolute atomic E-state index is 12.3. The van der Waals surface area contributed by atoms with Crippen molar-refractivity contribution < 1.29 is 4.79 Å². The zero-order valence-corrected chi connectivity index (χ0v) is 10.9. The van der Waals surface area contributed by atoms with Crippen LogP contribution in [0.3, 0.4) is 0 Å². The Hall–Kier alpha value is -1.35. The van der Waals surface area contributed by atoms with Gasteiger partial charge in [0.25, 0.3) is 5.91 Å². The molecule has 3 rings (SSSR count). The molecule has 1 amide bonds. The average Bonchev–Trinajstić information content (AvgIpc) is 3.15. The van der Waals surface area contributed by atoms with Crippen molar-refractivity contribution in [3.05, 3.63) is 34.9 Å². The average molecular weight is 244 g/mol. The first-order chi connectivity index (χ1) is 8.70. The Morgan fingerprint density at radius 3 is 2.89 bits per heavy atom. The summed E-state index contributed by atoms with van der Waals surface area (Å²) in [4.78, 5) is 14.3. The third-order valence-electron chi connectivity index (χ3n) is 4.12. The number of hydrogen-bond acceptors (Lipinski definition) is 2. The predicted octanol–water partition coefficient (Wildman–Crippen LogP) is 2.26.